The van der Waals surface area contributed by atoms with E-state index in [4.69, 9.17) is 5.73 Å². The van der Waals surface area contributed by atoms with E-state index in [2.05, 4.69) is 13.8 Å². The number of piperidine rings is 1. The zero-order valence-corrected chi connectivity index (χ0v) is 11.2. The summed E-state index contributed by atoms with van der Waals surface area (Å²) in [5.74, 6) is 1.35. The average Bonchev–Trinajstić information content (AvgIpc) is 2.37. The Bertz CT molecular complexity index is 403. The fraction of sp³-hybridized carbons (Fsp3) is 0.533. The Kier molecular flexibility index (Phi) is 4.02. The molecule has 1 amide bonds. The fourth-order valence-corrected chi connectivity index (χ4v) is 2.79. The van der Waals surface area contributed by atoms with Gasteiger partial charge >= 0.3 is 0 Å². The van der Waals surface area contributed by atoms with Gasteiger partial charge in [0.05, 0.1) is 0 Å². The van der Waals surface area contributed by atoms with Gasteiger partial charge in [-0.25, -0.2) is 0 Å². The number of benzene rings is 1. The summed E-state index contributed by atoms with van der Waals surface area (Å²) in [7, 11) is 0. The van der Waals surface area contributed by atoms with Gasteiger partial charge in [0.1, 0.15) is 0 Å². The van der Waals surface area contributed by atoms with E-state index < -0.39 is 0 Å². The summed E-state index contributed by atoms with van der Waals surface area (Å²) in [6, 6.07) is 7.64. The Balaban J connectivity index is 2.09. The lowest BCUT2D eigenvalue weighted by molar-refractivity contribution is 0.0623. The number of carbonyl (C=O) groups is 1. The molecule has 0 saturated carbocycles. The number of amides is 1. The van der Waals surface area contributed by atoms with Crippen molar-refractivity contribution in [3.63, 3.8) is 0 Å². The summed E-state index contributed by atoms with van der Waals surface area (Å²) < 4.78 is 0. The van der Waals surface area contributed by atoms with Crippen LogP contribution >= 0.6 is 0 Å². The molecule has 0 radical (unpaired) electrons. The van der Waals surface area contributed by atoms with Crippen LogP contribution in [-0.2, 0) is 6.54 Å². The molecule has 1 aromatic rings. The molecule has 2 rings (SSSR count). The van der Waals surface area contributed by atoms with Gasteiger partial charge in [0.2, 0.25) is 0 Å². The van der Waals surface area contributed by atoms with Crippen LogP contribution in [0.5, 0.6) is 0 Å². The number of nitrogens with two attached hydrogens (primary N) is 1. The maximum atomic E-state index is 12.4. The van der Waals surface area contributed by atoms with Crippen molar-refractivity contribution in [3.8, 4) is 0 Å². The highest BCUT2D eigenvalue weighted by atomic mass is 16.2. The molecule has 0 bridgehead atoms. The Morgan fingerprint density at radius 1 is 1.22 bits per heavy atom. The first-order valence-electron chi connectivity index (χ1n) is 6.68. The van der Waals surface area contributed by atoms with Gasteiger partial charge in [-0.15, -0.1) is 0 Å². The minimum atomic E-state index is 0.150. The minimum absolute atomic E-state index is 0.150. The summed E-state index contributed by atoms with van der Waals surface area (Å²) >= 11 is 0. The summed E-state index contributed by atoms with van der Waals surface area (Å²) in [5, 5.41) is 0. The van der Waals surface area contributed by atoms with Gasteiger partial charge in [-0.2, -0.15) is 0 Å². The molecular weight excluding hydrogens is 224 g/mol. The van der Waals surface area contributed by atoms with Crippen molar-refractivity contribution < 1.29 is 4.79 Å². The Morgan fingerprint density at radius 2 is 1.78 bits per heavy atom. The van der Waals surface area contributed by atoms with Crippen molar-refractivity contribution in [1.29, 1.82) is 0 Å². The maximum Gasteiger partial charge on any atom is 0.253 e. The standard InChI is InChI=1S/C15H22N2O/c1-11-7-12(2)10-17(9-11)15(18)14-5-3-13(8-16)4-6-14/h3-6,11-12H,7-10,16H2,1-2H3/t11-,12+. The van der Waals surface area contributed by atoms with E-state index in [1.165, 1.54) is 6.42 Å². The molecule has 1 saturated heterocycles. The molecule has 2 N–H and O–H groups in total. The first-order chi connectivity index (χ1) is 8.60. The van der Waals surface area contributed by atoms with E-state index in [-0.39, 0.29) is 5.91 Å². The highest BCUT2D eigenvalue weighted by molar-refractivity contribution is 5.94. The molecule has 2 atom stereocenters. The molecule has 1 aliphatic heterocycles. The van der Waals surface area contributed by atoms with Crippen molar-refractivity contribution in [2.45, 2.75) is 26.8 Å². The summed E-state index contributed by atoms with van der Waals surface area (Å²) in [6.07, 6.45) is 1.22. The number of likely N-dealkylation sites (tertiary alicyclic amines) is 1. The predicted molar refractivity (Wildman–Crippen MR) is 73.2 cm³/mol. The van der Waals surface area contributed by atoms with Gasteiger partial charge in [0.15, 0.2) is 0 Å². The first-order valence-corrected chi connectivity index (χ1v) is 6.68. The topological polar surface area (TPSA) is 46.3 Å². The van der Waals surface area contributed by atoms with E-state index >= 15 is 0 Å². The monoisotopic (exact) mass is 246 g/mol. The Morgan fingerprint density at radius 3 is 2.28 bits per heavy atom. The van der Waals surface area contributed by atoms with Crippen LogP contribution in [-0.4, -0.2) is 23.9 Å². The summed E-state index contributed by atoms with van der Waals surface area (Å²) in [5.41, 5.74) is 7.39. The van der Waals surface area contributed by atoms with Crippen molar-refractivity contribution in [2.75, 3.05) is 13.1 Å². The van der Waals surface area contributed by atoms with E-state index in [9.17, 15) is 4.79 Å². The van der Waals surface area contributed by atoms with E-state index in [1.54, 1.807) is 0 Å². The summed E-state index contributed by atoms with van der Waals surface area (Å²) in [6.45, 7) is 6.71. The van der Waals surface area contributed by atoms with Crippen LogP contribution in [0.4, 0.5) is 0 Å². The van der Waals surface area contributed by atoms with Gasteiger partial charge in [-0.05, 0) is 36.0 Å². The highest BCUT2D eigenvalue weighted by Crippen LogP contribution is 2.22. The summed E-state index contributed by atoms with van der Waals surface area (Å²) in [4.78, 5) is 14.4. The number of hydrogen-bond donors (Lipinski definition) is 1. The molecule has 0 aliphatic carbocycles. The van der Waals surface area contributed by atoms with Gasteiger partial charge < -0.3 is 10.6 Å². The molecule has 1 aromatic carbocycles. The molecule has 3 nitrogen and oxygen atoms in total. The van der Waals surface area contributed by atoms with Gasteiger partial charge in [-0.1, -0.05) is 26.0 Å². The molecule has 1 aliphatic rings. The van der Waals surface area contributed by atoms with Crippen LogP contribution in [0.1, 0.15) is 36.2 Å². The largest absolute Gasteiger partial charge is 0.338 e. The highest BCUT2D eigenvalue weighted by Gasteiger charge is 2.25. The van der Waals surface area contributed by atoms with E-state index in [0.717, 1.165) is 24.2 Å². The second kappa shape index (κ2) is 5.53. The number of rotatable bonds is 2. The fourth-order valence-electron chi connectivity index (χ4n) is 2.79. The second-order valence-corrected chi connectivity index (χ2v) is 5.56. The SMILES string of the molecule is C[C@@H]1C[C@H](C)CN(C(=O)c2ccc(CN)cc2)C1. The lowest BCUT2D eigenvalue weighted by Gasteiger charge is -2.35. The lowest BCUT2D eigenvalue weighted by Crippen LogP contribution is -2.42. The Hall–Kier alpha value is -1.35. The molecule has 0 unspecified atom stereocenters. The van der Waals surface area contributed by atoms with Crippen LogP contribution in [0.3, 0.4) is 0 Å². The molecule has 98 valence electrons. The second-order valence-electron chi connectivity index (χ2n) is 5.56. The number of nitrogens with zero attached hydrogens (tertiary/aromatic N) is 1. The average molecular weight is 246 g/mol. The first kappa shape index (κ1) is 13.1. The van der Waals surface area contributed by atoms with Gasteiger partial charge in [0.25, 0.3) is 5.91 Å². The van der Waals surface area contributed by atoms with Crippen molar-refractivity contribution in [1.82, 2.24) is 4.90 Å². The van der Waals surface area contributed by atoms with Crippen LogP contribution in [0.25, 0.3) is 0 Å². The molecule has 18 heavy (non-hydrogen) atoms. The molecule has 1 heterocycles. The Labute approximate surface area is 109 Å². The van der Waals surface area contributed by atoms with E-state index in [1.807, 2.05) is 29.2 Å². The van der Waals surface area contributed by atoms with Crippen LogP contribution in [0, 0.1) is 11.8 Å². The van der Waals surface area contributed by atoms with Crippen LogP contribution < -0.4 is 5.73 Å². The normalized spacial score (nSPS) is 24.1. The number of carbonyl (C=O) groups excluding carboxylic acids is 1. The zero-order chi connectivity index (χ0) is 13.1. The lowest BCUT2D eigenvalue weighted by atomic mass is 9.91. The molecule has 3 heteroatoms. The van der Waals surface area contributed by atoms with E-state index in [0.29, 0.717) is 18.4 Å². The van der Waals surface area contributed by atoms with Crippen LogP contribution in [0.15, 0.2) is 24.3 Å². The quantitative estimate of drug-likeness (QED) is 0.870. The molecule has 0 aromatic heterocycles. The van der Waals surface area contributed by atoms with Crippen LogP contribution in [0.2, 0.25) is 0 Å². The third kappa shape index (κ3) is 2.91. The van der Waals surface area contributed by atoms with Crippen molar-refractivity contribution in [2.24, 2.45) is 17.6 Å². The molecule has 1 fully saturated rings. The van der Waals surface area contributed by atoms with Gasteiger partial charge in [0, 0.05) is 25.2 Å². The van der Waals surface area contributed by atoms with Gasteiger partial charge in [-0.3, -0.25) is 4.79 Å². The predicted octanol–water partition coefficient (Wildman–Crippen LogP) is 2.26. The number of hydrogen-bond acceptors (Lipinski definition) is 2. The maximum absolute atomic E-state index is 12.4. The third-order valence-electron chi connectivity index (χ3n) is 3.59. The van der Waals surface area contributed by atoms with Crippen molar-refractivity contribution in [3.05, 3.63) is 35.4 Å². The molecular formula is C15H22N2O. The smallest absolute Gasteiger partial charge is 0.253 e. The third-order valence-corrected chi connectivity index (χ3v) is 3.59. The minimum Gasteiger partial charge on any atom is -0.338 e. The van der Waals surface area contributed by atoms with Crippen molar-refractivity contribution >= 4 is 5.91 Å². The zero-order valence-electron chi connectivity index (χ0n) is 11.2. The molecule has 0 spiro atoms.